The van der Waals surface area contributed by atoms with Gasteiger partial charge in [0.25, 0.3) is 6.43 Å². The van der Waals surface area contributed by atoms with Gasteiger partial charge in [-0.3, -0.25) is 0 Å². The second-order valence-electron chi connectivity index (χ2n) is 6.89. The maximum atomic E-state index is 13.0. The van der Waals surface area contributed by atoms with Gasteiger partial charge in [0.05, 0.1) is 5.56 Å². The van der Waals surface area contributed by atoms with Crippen LogP contribution < -0.4 is 5.32 Å². The molecule has 3 unspecified atom stereocenters. The quantitative estimate of drug-likeness (QED) is 0.828. The van der Waals surface area contributed by atoms with E-state index >= 15 is 0 Å². The summed E-state index contributed by atoms with van der Waals surface area (Å²) in [6.07, 6.45) is 4.10. The van der Waals surface area contributed by atoms with Crippen molar-refractivity contribution >= 4 is 0 Å². The van der Waals surface area contributed by atoms with Crippen molar-refractivity contribution in [1.82, 2.24) is 5.32 Å². The predicted octanol–water partition coefficient (Wildman–Crippen LogP) is 3.68. The third-order valence-electron chi connectivity index (χ3n) is 6.02. The molecule has 3 atom stereocenters. The molecule has 2 aliphatic carbocycles. The summed E-state index contributed by atoms with van der Waals surface area (Å²) in [6, 6.07) is 3.64. The standard InChI is InChI=1S/C17H21F2NO/c18-16(19)11-7-10-8-14-12-3-1-2-4-17(12,5-6-20-14)13(10)9-15(11)21/h7,9,12,14,16,20-21H,1-6,8H2. The Bertz CT molecular complexity index is 570. The Morgan fingerprint density at radius 1 is 1.24 bits per heavy atom. The number of fused-ring (bicyclic) bond motifs is 1. The molecule has 0 spiro atoms. The van der Waals surface area contributed by atoms with Gasteiger partial charge in [0.15, 0.2) is 0 Å². The highest BCUT2D eigenvalue weighted by atomic mass is 19.3. The lowest BCUT2D eigenvalue weighted by atomic mass is 9.52. The molecule has 114 valence electrons. The molecule has 3 aliphatic rings. The first kappa shape index (κ1) is 13.5. The Morgan fingerprint density at radius 2 is 2.10 bits per heavy atom. The third kappa shape index (κ3) is 1.84. The molecule has 2 bridgehead atoms. The summed E-state index contributed by atoms with van der Waals surface area (Å²) in [5.41, 5.74) is 2.09. The van der Waals surface area contributed by atoms with E-state index in [0.717, 1.165) is 36.9 Å². The van der Waals surface area contributed by atoms with E-state index in [-0.39, 0.29) is 16.7 Å². The van der Waals surface area contributed by atoms with Crippen LogP contribution in [0.5, 0.6) is 5.75 Å². The van der Waals surface area contributed by atoms with Gasteiger partial charge in [-0.05, 0) is 61.4 Å². The lowest BCUT2D eigenvalue weighted by molar-refractivity contribution is 0.0789. The van der Waals surface area contributed by atoms with E-state index < -0.39 is 6.43 Å². The van der Waals surface area contributed by atoms with Crippen molar-refractivity contribution in [2.24, 2.45) is 5.92 Å². The van der Waals surface area contributed by atoms with Crippen molar-refractivity contribution in [2.75, 3.05) is 6.54 Å². The predicted molar refractivity (Wildman–Crippen MR) is 76.8 cm³/mol. The molecule has 1 heterocycles. The van der Waals surface area contributed by atoms with Crippen LogP contribution in [-0.2, 0) is 11.8 Å². The summed E-state index contributed by atoms with van der Waals surface area (Å²) in [4.78, 5) is 0. The molecular weight excluding hydrogens is 272 g/mol. The fourth-order valence-corrected chi connectivity index (χ4v) is 5.17. The van der Waals surface area contributed by atoms with E-state index in [1.165, 1.54) is 19.3 Å². The molecule has 21 heavy (non-hydrogen) atoms. The molecule has 1 saturated heterocycles. The molecule has 0 amide bonds. The van der Waals surface area contributed by atoms with Crippen molar-refractivity contribution in [1.29, 1.82) is 0 Å². The van der Waals surface area contributed by atoms with Gasteiger partial charge in [0.1, 0.15) is 5.75 Å². The maximum Gasteiger partial charge on any atom is 0.267 e. The van der Waals surface area contributed by atoms with E-state index in [1.54, 1.807) is 12.1 Å². The number of aromatic hydroxyl groups is 1. The first-order valence-corrected chi connectivity index (χ1v) is 7.99. The van der Waals surface area contributed by atoms with Crippen LogP contribution in [0.1, 0.15) is 55.2 Å². The van der Waals surface area contributed by atoms with Crippen LogP contribution in [0.15, 0.2) is 12.1 Å². The van der Waals surface area contributed by atoms with Crippen LogP contribution in [0.4, 0.5) is 8.78 Å². The van der Waals surface area contributed by atoms with Crippen molar-refractivity contribution in [3.05, 3.63) is 28.8 Å². The van der Waals surface area contributed by atoms with E-state index in [4.69, 9.17) is 0 Å². The van der Waals surface area contributed by atoms with Gasteiger partial charge >= 0.3 is 0 Å². The van der Waals surface area contributed by atoms with Crippen molar-refractivity contribution < 1.29 is 13.9 Å². The zero-order valence-corrected chi connectivity index (χ0v) is 12.0. The van der Waals surface area contributed by atoms with Gasteiger partial charge in [0.2, 0.25) is 0 Å². The van der Waals surface area contributed by atoms with Gasteiger partial charge in [0, 0.05) is 11.5 Å². The summed E-state index contributed by atoms with van der Waals surface area (Å²) in [5, 5.41) is 13.6. The van der Waals surface area contributed by atoms with E-state index in [1.807, 2.05) is 0 Å². The summed E-state index contributed by atoms with van der Waals surface area (Å²) in [5.74, 6) is 0.378. The zero-order chi connectivity index (χ0) is 14.6. The van der Waals surface area contributed by atoms with E-state index in [0.29, 0.717) is 12.0 Å². The molecule has 2 fully saturated rings. The third-order valence-corrected chi connectivity index (χ3v) is 6.02. The molecule has 1 aromatic carbocycles. The molecule has 2 N–H and O–H groups in total. The van der Waals surface area contributed by atoms with E-state index in [9.17, 15) is 13.9 Å². The number of phenolic OH excluding ortho intramolecular Hbond substituents is 1. The SMILES string of the molecule is Oc1cc2c(cc1C(F)F)CC1NCCC23CCCCC13. The summed E-state index contributed by atoms with van der Waals surface area (Å²) in [6.45, 7) is 0.998. The normalized spacial score (nSPS) is 34.4. The smallest absolute Gasteiger partial charge is 0.267 e. The Kier molecular flexibility index (Phi) is 3.00. The molecule has 4 rings (SSSR count). The summed E-state index contributed by atoms with van der Waals surface area (Å²) in [7, 11) is 0. The second-order valence-corrected chi connectivity index (χ2v) is 6.89. The fourth-order valence-electron chi connectivity index (χ4n) is 5.17. The molecular formula is C17H21F2NO. The molecule has 0 aromatic heterocycles. The van der Waals surface area contributed by atoms with Gasteiger partial charge in [-0.25, -0.2) is 8.78 Å². The molecule has 2 nitrogen and oxygen atoms in total. The number of phenols is 1. The van der Waals surface area contributed by atoms with Crippen LogP contribution in [0.3, 0.4) is 0 Å². The minimum Gasteiger partial charge on any atom is -0.507 e. The topological polar surface area (TPSA) is 32.3 Å². The Balaban J connectivity index is 1.88. The number of piperidine rings is 1. The Labute approximate surface area is 123 Å². The first-order valence-electron chi connectivity index (χ1n) is 7.99. The van der Waals surface area contributed by atoms with Gasteiger partial charge < -0.3 is 10.4 Å². The van der Waals surface area contributed by atoms with Gasteiger partial charge in [-0.15, -0.1) is 0 Å². The highest BCUT2D eigenvalue weighted by Crippen LogP contribution is 2.55. The maximum absolute atomic E-state index is 13.0. The van der Waals surface area contributed by atoms with Crippen molar-refractivity contribution in [3.8, 4) is 5.75 Å². The van der Waals surface area contributed by atoms with Crippen LogP contribution in [0.25, 0.3) is 0 Å². The highest BCUT2D eigenvalue weighted by molar-refractivity contribution is 5.49. The molecule has 4 heteroatoms. The monoisotopic (exact) mass is 293 g/mol. The Hall–Kier alpha value is -1.16. The average molecular weight is 293 g/mol. The van der Waals surface area contributed by atoms with Crippen molar-refractivity contribution in [3.63, 3.8) is 0 Å². The number of alkyl halides is 2. The Morgan fingerprint density at radius 3 is 2.90 bits per heavy atom. The zero-order valence-electron chi connectivity index (χ0n) is 12.0. The lowest BCUT2D eigenvalue weighted by Gasteiger charge is -2.56. The molecule has 1 aliphatic heterocycles. The van der Waals surface area contributed by atoms with Crippen LogP contribution >= 0.6 is 0 Å². The fraction of sp³-hybridized carbons (Fsp3) is 0.647. The molecule has 1 saturated carbocycles. The number of benzene rings is 1. The minimum atomic E-state index is -2.61. The van der Waals surface area contributed by atoms with Crippen LogP contribution in [0.2, 0.25) is 0 Å². The highest BCUT2D eigenvalue weighted by Gasteiger charge is 2.51. The number of hydrogen-bond donors (Lipinski definition) is 2. The van der Waals surface area contributed by atoms with Crippen LogP contribution in [0, 0.1) is 5.92 Å². The molecule has 0 radical (unpaired) electrons. The summed E-state index contributed by atoms with van der Waals surface area (Å²) >= 11 is 0. The second kappa shape index (κ2) is 4.67. The van der Waals surface area contributed by atoms with Gasteiger partial charge in [-0.2, -0.15) is 0 Å². The number of rotatable bonds is 1. The minimum absolute atomic E-state index is 0.111. The number of nitrogens with one attached hydrogen (secondary N) is 1. The summed E-state index contributed by atoms with van der Waals surface area (Å²) < 4.78 is 26.1. The first-order chi connectivity index (χ1) is 10.1. The lowest BCUT2D eigenvalue weighted by Crippen LogP contribution is -2.59. The largest absolute Gasteiger partial charge is 0.507 e. The van der Waals surface area contributed by atoms with Crippen LogP contribution in [-0.4, -0.2) is 17.7 Å². The van der Waals surface area contributed by atoms with Gasteiger partial charge in [-0.1, -0.05) is 12.8 Å². The average Bonchev–Trinajstić information content (AvgIpc) is 2.47. The molecule has 1 aromatic rings. The number of hydrogen-bond acceptors (Lipinski definition) is 2. The number of halogens is 2. The van der Waals surface area contributed by atoms with E-state index in [2.05, 4.69) is 5.32 Å². The van der Waals surface area contributed by atoms with Crippen molar-refractivity contribution in [2.45, 2.75) is 56.4 Å².